The average molecular weight is 370 g/mol. The van der Waals surface area contributed by atoms with Gasteiger partial charge in [0.2, 0.25) is 5.91 Å². The summed E-state index contributed by atoms with van der Waals surface area (Å²) in [5.74, 6) is -0.156. The van der Waals surface area contributed by atoms with E-state index in [1.54, 1.807) is 23.3 Å². The number of thiophene rings is 1. The third-order valence-corrected chi connectivity index (χ3v) is 4.89. The van der Waals surface area contributed by atoms with Gasteiger partial charge in [0.1, 0.15) is 11.7 Å². The predicted molar refractivity (Wildman–Crippen MR) is 103 cm³/mol. The molecule has 6 nitrogen and oxygen atoms in total. The minimum Gasteiger partial charge on any atom is -0.383 e. The number of nitrogens with two attached hydrogens (primary N) is 1. The number of amides is 1. The zero-order chi connectivity index (χ0) is 18.5. The number of hydrogen-bond donors (Lipinski definition) is 1. The summed E-state index contributed by atoms with van der Waals surface area (Å²) in [6, 6.07) is 13.3. The minimum absolute atomic E-state index is 0.156. The van der Waals surface area contributed by atoms with Crippen LogP contribution in [0.2, 0.25) is 0 Å². The van der Waals surface area contributed by atoms with Crippen molar-refractivity contribution in [2.75, 3.05) is 20.8 Å². The molecule has 1 unspecified atom stereocenters. The van der Waals surface area contributed by atoms with E-state index in [9.17, 15) is 4.79 Å². The second-order valence-electron chi connectivity index (χ2n) is 6.02. The van der Waals surface area contributed by atoms with Crippen LogP contribution < -0.4 is 5.73 Å². The largest absolute Gasteiger partial charge is 0.383 e. The van der Waals surface area contributed by atoms with Crippen LogP contribution in [0, 0.1) is 0 Å². The Hall–Kier alpha value is -2.48. The molecule has 0 bridgehead atoms. The van der Waals surface area contributed by atoms with E-state index >= 15 is 0 Å². The summed E-state index contributed by atoms with van der Waals surface area (Å²) >= 11 is 1.62. The first-order chi connectivity index (χ1) is 12.6. The van der Waals surface area contributed by atoms with Gasteiger partial charge in [0.05, 0.1) is 17.2 Å². The van der Waals surface area contributed by atoms with Crippen LogP contribution in [0.1, 0.15) is 5.56 Å². The third-order valence-electron chi connectivity index (χ3n) is 4.01. The van der Waals surface area contributed by atoms with Crippen molar-refractivity contribution >= 4 is 17.2 Å². The number of likely N-dealkylation sites (N-methyl/N-ethyl adjacent to an activating group) is 1. The van der Waals surface area contributed by atoms with Crippen LogP contribution in [0.25, 0.3) is 16.3 Å². The van der Waals surface area contributed by atoms with E-state index in [0.717, 1.165) is 21.8 Å². The van der Waals surface area contributed by atoms with Gasteiger partial charge < -0.3 is 15.4 Å². The summed E-state index contributed by atoms with van der Waals surface area (Å²) in [6.07, 6.45) is 1.97. The molecule has 0 saturated carbocycles. The van der Waals surface area contributed by atoms with Gasteiger partial charge in [-0.05, 0) is 23.6 Å². The standard InChI is InChI=1S/C19H22N4O2S/c1-22(19(24)16(20)13-25-2)11-14-12-23(15-7-4-3-5-8-15)21-18(14)17-9-6-10-26-17/h3-10,12,16H,11,13,20H2,1-2H3. The first-order valence-electron chi connectivity index (χ1n) is 8.27. The van der Waals surface area contributed by atoms with Crippen molar-refractivity contribution in [3.63, 3.8) is 0 Å². The van der Waals surface area contributed by atoms with Crippen molar-refractivity contribution in [3.05, 3.63) is 59.6 Å². The van der Waals surface area contributed by atoms with Crippen molar-refractivity contribution in [3.8, 4) is 16.3 Å². The van der Waals surface area contributed by atoms with E-state index in [4.69, 9.17) is 15.6 Å². The maximum absolute atomic E-state index is 12.4. The minimum atomic E-state index is -0.667. The van der Waals surface area contributed by atoms with Gasteiger partial charge in [0, 0.05) is 32.5 Å². The highest BCUT2D eigenvalue weighted by atomic mass is 32.1. The molecule has 2 aromatic heterocycles. The van der Waals surface area contributed by atoms with Crippen molar-refractivity contribution in [2.45, 2.75) is 12.6 Å². The summed E-state index contributed by atoms with van der Waals surface area (Å²) < 4.78 is 6.83. The van der Waals surface area contributed by atoms with Gasteiger partial charge in [0.25, 0.3) is 0 Å². The molecule has 2 N–H and O–H groups in total. The number of hydrogen-bond acceptors (Lipinski definition) is 5. The van der Waals surface area contributed by atoms with E-state index in [-0.39, 0.29) is 12.5 Å². The number of benzene rings is 1. The van der Waals surface area contributed by atoms with E-state index in [1.165, 1.54) is 7.11 Å². The molecule has 0 fully saturated rings. The molecule has 0 aliphatic rings. The lowest BCUT2D eigenvalue weighted by atomic mass is 10.2. The fourth-order valence-corrected chi connectivity index (χ4v) is 3.47. The molecule has 0 spiro atoms. The Bertz CT molecular complexity index is 846. The van der Waals surface area contributed by atoms with Crippen LogP contribution in [0.15, 0.2) is 54.0 Å². The lowest BCUT2D eigenvalue weighted by Crippen LogP contribution is -2.44. The fraction of sp³-hybridized carbons (Fsp3) is 0.263. The first kappa shape index (κ1) is 18.3. The number of ether oxygens (including phenoxy) is 1. The zero-order valence-electron chi connectivity index (χ0n) is 14.8. The van der Waals surface area contributed by atoms with Gasteiger partial charge in [-0.25, -0.2) is 4.68 Å². The van der Waals surface area contributed by atoms with Gasteiger partial charge in [0.15, 0.2) is 0 Å². The lowest BCUT2D eigenvalue weighted by molar-refractivity contribution is -0.132. The average Bonchev–Trinajstić information content (AvgIpc) is 3.31. The smallest absolute Gasteiger partial charge is 0.241 e. The highest BCUT2D eigenvalue weighted by Crippen LogP contribution is 2.28. The summed E-state index contributed by atoms with van der Waals surface area (Å²) in [7, 11) is 3.28. The molecule has 1 aromatic carbocycles. The summed E-state index contributed by atoms with van der Waals surface area (Å²) in [5.41, 5.74) is 8.70. The molecule has 0 radical (unpaired) electrons. The molecule has 0 aliphatic carbocycles. The van der Waals surface area contributed by atoms with Gasteiger partial charge >= 0.3 is 0 Å². The number of carbonyl (C=O) groups excluding carboxylic acids is 1. The van der Waals surface area contributed by atoms with E-state index < -0.39 is 6.04 Å². The maximum Gasteiger partial charge on any atom is 0.241 e. The number of carbonyl (C=O) groups is 1. The highest BCUT2D eigenvalue weighted by Gasteiger charge is 2.21. The molecule has 2 heterocycles. The van der Waals surface area contributed by atoms with E-state index in [0.29, 0.717) is 6.54 Å². The molecule has 0 aliphatic heterocycles. The molecule has 3 aromatic rings. The summed E-state index contributed by atoms with van der Waals surface area (Å²) in [6.45, 7) is 0.626. The van der Waals surface area contributed by atoms with Crippen LogP contribution in [0.4, 0.5) is 0 Å². The van der Waals surface area contributed by atoms with Crippen LogP contribution in [0.3, 0.4) is 0 Å². The number of aromatic nitrogens is 2. The SMILES string of the molecule is COCC(N)C(=O)N(C)Cc1cn(-c2ccccc2)nc1-c1cccs1. The Morgan fingerprint density at radius 1 is 1.31 bits per heavy atom. The molecular formula is C19H22N4O2S. The van der Waals surface area contributed by atoms with Gasteiger partial charge in [-0.2, -0.15) is 5.10 Å². The van der Waals surface area contributed by atoms with Crippen LogP contribution in [-0.2, 0) is 16.1 Å². The normalized spacial score (nSPS) is 12.1. The summed E-state index contributed by atoms with van der Waals surface area (Å²) in [5, 5.41) is 6.77. The second-order valence-corrected chi connectivity index (χ2v) is 6.96. The molecule has 26 heavy (non-hydrogen) atoms. The van der Waals surface area contributed by atoms with Gasteiger partial charge in [-0.3, -0.25) is 4.79 Å². The molecular weight excluding hydrogens is 348 g/mol. The molecule has 1 amide bonds. The monoisotopic (exact) mass is 370 g/mol. The molecule has 3 rings (SSSR count). The quantitative estimate of drug-likeness (QED) is 0.694. The first-order valence-corrected chi connectivity index (χ1v) is 9.15. The third kappa shape index (κ3) is 4.01. The van der Waals surface area contributed by atoms with Crippen molar-refractivity contribution in [1.82, 2.24) is 14.7 Å². The van der Waals surface area contributed by atoms with Crippen LogP contribution in [0.5, 0.6) is 0 Å². The van der Waals surface area contributed by atoms with Crippen LogP contribution in [-0.4, -0.2) is 47.4 Å². The number of rotatable bonds is 7. The number of para-hydroxylation sites is 1. The molecule has 7 heteroatoms. The van der Waals surface area contributed by atoms with Crippen molar-refractivity contribution in [1.29, 1.82) is 0 Å². The van der Waals surface area contributed by atoms with Gasteiger partial charge in [-0.15, -0.1) is 11.3 Å². The lowest BCUT2D eigenvalue weighted by Gasteiger charge is -2.20. The predicted octanol–water partition coefficient (Wildman–Crippen LogP) is 2.53. The fourth-order valence-electron chi connectivity index (χ4n) is 2.73. The molecule has 136 valence electrons. The Balaban J connectivity index is 1.90. The number of nitrogens with zero attached hydrogens (tertiary/aromatic N) is 3. The van der Waals surface area contributed by atoms with Crippen LogP contribution >= 0.6 is 11.3 Å². The Morgan fingerprint density at radius 2 is 2.08 bits per heavy atom. The van der Waals surface area contributed by atoms with Crippen molar-refractivity contribution < 1.29 is 9.53 Å². The maximum atomic E-state index is 12.4. The Morgan fingerprint density at radius 3 is 2.73 bits per heavy atom. The van der Waals surface area contributed by atoms with Gasteiger partial charge in [-0.1, -0.05) is 24.3 Å². The molecule has 1 atom stereocenters. The zero-order valence-corrected chi connectivity index (χ0v) is 15.6. The number of methoxy groups -OCH3 is 1. The van der Waals surface area contributed by atoms with E-state index in [1.807, 2.05) is 58.7 Å². The topological polar surface area (TPSA) is 73.4 Å². The van der Waals surface area contributed by atoms with E-state index in [2.05, 4.69) is 0 Å². The van der Waals surface area contributed by atoms with Crippen molar-refractivity contribution in [2.24, 2.45) is 5.73 Å². The summed E-state index contributed by atoms with van der Waals surface area (Å²) in [4.78, 5) is 15.1. The molecule has 0 saturated heterocycles. The Kier molecular flexibility index (Phi) is 5.82. The second kappa shape index (κ2) is 8.27. The Labute approximate surface area is 156 Å². The highest BCUT2D eigenvalue weighted by molar-refractivity contribution is 7.13.